The van der Waals surface area contributed by atoms with Gasteiger partial charge in [-0.25, -0.2) is 13.2 Å². The monoisotopic (exact) mass is 307 g/mol. The first-order chi connectivity index (χ1) is 9.79. The van der Waals surface area contributed by atoms with Crippen molar-refractivity contribution in [3.05, 3.63) is 53.6 Å². The highest BCUT2D eigenvalue weighted by molar-refractivity contribution is 7.92. The van der Waals surface area contributed by atoms with Crippen molar-refractivity contribution in [1.29, 1.82) is 0 Å². The number of carboxylic acids is 1. The summed E-state index contributed by atoms with van der Waals surface area (Å²) in [5, 5.41) is 18.2. The molecule has 6 nitrogen and oxygen atoms in total. The summed E-state index contributed by atoms with van der Waals surface area (Å²) in [6, 6.07) is 9.38. The zero-order valence-electron chi connectivity index (χ0n) is 11.1. The van der Waals surface area contributed by atoms with E-state index in [1.807, 2.05) is 0 Å². The van der Waals surface area contributed by atoms with Crippen LogP contribution in [0.1, 0.15) is 15.9 Å². The number of carbonyl (C=O) groups is 1. The number of rotatable bonds is 4. The molecule has 0 saturated heterocycles. The highest BCUT2D eigenvalue weighted by atomic mass is 32.2. The third-order valence-corrected chi connectivity index (χ3v) is 4.25. The molecule has 110 valence electrons. The molecule has 2 aromatic rings. The van der Waals surface area contributed by atoms with Crippen molar-refractivity contribution in [3.63, 3.8) is 0 Å². The van der Waals surface area contributed by atoms with Crippen LogP contribution in [0.3, 0.4) is 0 Å². The van der Waals surface area contributed by atoms with Crippen LogP contribution in [0.15, 0.2) is 47.4 Å². The topological polar surface area (TPSA) is 104 Å². The van der Waals surface area contributed by atoms with Gasteiger partial charge in [-0.05, 0) is 48.9 Å². The van der Waals surface area contributed by atoms with Gasteiger partial charge in [-0.1, -0.05) is 6.07 Å². The number of sulfonamides is 1. The summed E-state index contributed by atoms with van der Waals surface area (Å²) < 4.78 is 26.7. The van der Waals surface area contributed by atoms with Crippen LogP contribution >= 0.6 is 0 Å². The summed E-state index contributed by atoms with van der Waals surface area (Å²) in [6.45, 7) is 1.59. The number of hydrogen-bond donors (Lipinski definition) is 3. The molecule has 0 spiro atoms. The third-order valence-electron chi connectivity index (χ3n) is 2.87. The molecule has 0 fully saturated rings. The standard InChI is InChI=1S/C14H13NO5S/c1-9-2-7-12(8-13(9)14(17)18)21(19,20)15-10-3-5-11(16)6-4-10/h2-8,15-16H,1H3,(H,17,18). The highest BCUT2D eigenvalue weighted by Crippen LogP contribution is 2.20. The Bertz CT molecular complexity index is 782. The van der Waals surface area contributed by atoms with Crippen molar-refractivity contribution < 1.29 is 23.4 Å². The van der Waals surface area contributed by atoms with Gasteiger partial charge in [0.1, 0.15) is 5.75 Å². The molecule has 0 aliphatic heterocycles. The fraction of sp³-hybridized carbons (Fsp3) is 0.0714. The van der Waals surface area contributed by atoms with Crippen molar-refractivity contribution in [2.45, 2.75) is 11.8 Å². The largest absolute Gasteiger partial charge is 0.508 e. The van der Waals surface area contributed by atoms with E-state index in [-0.39, 0.29) is 21.9 Å². The summed E-state index contributed by atoms with van der Waals surface area (Å²) in [6.07, 6.45) is 0. The van der Waals surface area contributed by atoms with Crippen LogP contribution in [0.5, 0.6) is 5.75 Å². The predicted octanol–water partition coefficient (Wildman–Crippen LogP) is 2.20. The molecule has 21 heavy (non-hydrogen) atoms. The number of aryl methyl sites for hydroxylation is 1. The molecule has 0 bridgehead atoms. The summed E-state index contributed by atoms with van der Waals surface area (Å²) in [5.74, 6) is -1.17. The maximum absolute atomic E-state index is 12.2. The number of phenols is 1. The van der Waals surface area contributed by atoms with Crippen molar-refractivity contribution in [3.8, 4) is 5.75 Å². The first-order valence-corrected chi connectivity index (χ1v) is 7.44. The molecule has 3 N–H and O–H groups in total. The fourth-order valence-electron chi connectivity index (χ4n) is 1.74. The lowest BCUT2D eigenvalue weighted by Crippen LogP contribution is -2.14. The Kier molecular flexibility index (Phi) is 3.86. The van der Waals surface area contributed by atoms with Gasteiger partial charge in [-0.15, -0.1) is 0 Å². The molecule has 0 aromatic heterocycles. The molecule has 0 heterocycles. The van der Waals surface area contributed by atoms with Gasteiger partial charge in [0.25, 0.3) is 10.0 Å². The van der Waals surface area contributed by atoms with Gasteiger partial charge in [0.2, 0.25) is 0 Å². The lowest BCUT2D eigenvalue weighted by Gasteiger charge is -2.10. The van der Waals surface area contributed by atoms with Crippen molar-refractivity contribution in [2.75, 3.05) is 4.72 Å². The van der Waals surface area contributed by atoms with Gasteiger partial charge < -0.3 is 10.2 Å². The lowest BCUT2D eigenvalue weighted by molar-refractivity contribution is 0.0696. The van der Waals surface area contributed by atoms with Crippen LogP contribution in [0, 0.1) is 6.92 Å². The molecule has 0 unspecified atom stereocenters. The van der Waals surface area contributed by atoms with E-state index in [0.717, 1.165) is 6.07 Å². The molecule has 0 aliphatic carbocycles. The molecule has 2 aromatic carbocycles. The van der Waals surface area contributed by atoms with E-state index in [1.54, 1.807) is 6.92 Å². The second-order valence-electron chi connectivity index (χ2n) is 4.43. The Morgan fingerprint density at radius 3 is 2.29 bits per heavy atom. The van der Waals surface area contributed by atoms with E-state index in [0.29, 0.717) is 5.56 Å². The number of aromatic hydroxyl groups is 1. The molecule has 0 radical (unpaired) electrons. The minimum absolute atomic E-state index is 0.0152. The van der Waals surface area contributed by atoms with Gasteiger partial charge in [-0.2, -0.15) is 0 Å². The quantitative estimate of drug-likeness (QED) is 0.751. The van der Waals surface area contributed by atoms with Gasteiger partial charge in [-0.3, -0.25) is 4.72 Å². The predicted molar refractivity (Wildman–Crippen MR) is 77.1 cm³/mol. The summed E-state index contributed by atoms with van der Waals surface area (Å²) >= 11 is 0. The van der Waals surface area contributed by atoms with Crippen LogP contribution in [0.4, 0.5) is 5.69 Å². The molecule has 2 rings (SSSR count). The van der Waals surface area contributed by atoms with Gasteiger partial charge >= 0.3 is 5.97 Å². The van der Waals surface area contributed by atoms with Gasteiger partial charge in [0.15, 0.2) is 0 Å². The zero-order chi connectivity index (χ0) is 15.6. The molecule has 7 heteroatoms. The van der Waals surface area contributed by atoms with Crippen LogP contribution < -0.4 is 4.72 Å². The van der Waals surface area contributed by atoms with E-state index in [9.17, 15) is 13.2 Å². The maximum atomic E-state index is 12.2. The average molecular weight is 307 g/mol. The zero-order valence-corrected chi connectivity index (χ0v) is 11.9. The number of anilines is 1. The number of nitrogens with one attached hydrogen (secondary N) is 1. The van der Waals surface area contributed by atoms with Gasteiger partial charge in [0, 0.05) is 5.69 Å². The number of carboxylic acid groups (broad SMARTS) is 1. The first kappa shape index (κ1) is 14.9. The van der Waals surface area contributed by atoms with E-state index >= 15 is 0 Å². The molecule has 0 saturated carbocycles. The van der Waals surface area contributed by atoms with Gasteiger partial charge in [0.05, 0.1) is 10.5 Å². The Labute approximate surface area is 121 Å². The lowest BCUT2D eigenvalue weighted by atomic mass is 10.1. The SMILES string of the molecule is Cc1ccc(S(=O)(=O)Nc2ccc(O)cc2)cc1C(=O)O. The first-order valence-electron chi connectivity index (χ1n) is 5.95. The van der Waals surface area contributed by atoms with E-state index in [1.165, 1.54) is 36.4 Å². The normalized spacial score (nSPS) is 11.1. The van der Waals surface area contributed by atoms with Crippen LogP contribution in [0.25, 0.3) is 0 Å². The minimum Gasteiger partial charge on any atom is -0.508 e. The Morgan fingerprint density at radius 1 is 1.10 bits per heavy atom. The minimum atomic E-state index is -3.89. The van der Waals surface area contributed by atoms with Crippen LogP contribution in [-0.4, -0.2) is 24.6 Å². The van der Waals surface area contributed by atoms with Crippen LogP contribution in [0.2, 0.25) is 0 Å². The van der Waals surface area contributed by atoms with E-state index in [4.69, 9.17) is 10.2 Å². The van der Waals surface area contributed by atoms with Crippen molar-refractivity contribution in [2.24, 2.45) is 0 Å². The fourth-order valence-corrected chi connectivity index (χ4v) is 2.83. The summed E-state index contributed by atoms with van der Waals surface area (Å²) in [4.78, 5) is 10.9. The van der Waals surface area contributed by atoms with E-state index in [2.05, 4.69) is 4.72 Å². The summed E-state index contributed by atoms with van der Waals surface area (Å²) in [7, 11) is -3.89. The Morgan fingerprint density at radius 2 is 1.71 bits per heavy atom. The number of hydrogen-bond acceptors (Lipinski definition) is 4. The second-order valence-corrected chi connectivity index (χ2v) is 6.12. The summed E-state index contributed by atoms with van der Waals surface area (Å²) in [5.41, 5.74) is 0.680. The third kappa shape index (κ3) is 3.32. The van der Waals surface area contributed by atoms with Crippen molar-refractivity contribution in [1.82, 2.24) is 0 Å². The molecule has 0 amide bonds. The molecular weight excluding hydrogens is 294 g/mol. The second kappa shape index (κ2) is 5.45. The smallest absolute Gasteiger partial charge is 0.335 e. The number of phenolic OH excluding ortho intramolecular Hbond substituents is 1. The highest BCUT2D eigenvalue weighted by Gasteiger charge is 2.17. The molecule has 0 aliphatic rings. The molecule has 0 atom stereocenters. The number of aromatic carboxylic acids is 1. The Hall–Kier alpha value is -2.54. The van der Waals surface area contributed by atoms with E-state index < -0.39 is 16.0 Å². The van der Waals surface area contributed by atoms with Crippen LogP contribution in [-0.2, 0) is 10.0 Å². The number of benzene rings is 2. The maximum Gasteiger partial charge on any atom is 0.335 e. The average Bonchev–Trinajstić information content (AvgIpc) is 2.41. The Balaban J connectivity index is 2.38. The molecular formula is C14H13NO5S. The van der Waals surface area contributed by atoms with Crippen molar-refractivity contribution >= 4 is 21.7 Å².